The van der Waals surface area contributed by atoms with Crippen molar-refractivity contribution < 1.29 is 0 Å². The van der Waals surface area contributed by atoms with Gasteiger partial charge in [-0.3, -0.25) is 0 Å². The molecule has 4 aromatic carbocycles. The van der Waals surface area contributed by atoms with Gasteiger partial charge in [0, 0.05) is 45.1 Å². The van der Waals surface area contributed by atoms with Crippen molar-refractivity contribution in [2.75, 3.05) is 4.90 Å². The molecular weight excluding hydrogens is 558 g/mol. The molecule has 5 aromatic rings. The lowest BCUT2D eigenvalue weighted by Crippen LogP contribution is -2.36. The second-order valence-corrected chi connectivity index (χ2v) is 12.2. The van der Waals surface area contributed by atoms with Gasteiger partial charge in [0.15, 0.2) is 0 Å². The average Bonchev–Trinajstić information content (AvgIpc) is 3.65. The normalized spacial score (nSPS) is 20.8. The first-order valence-electron chi connectivity index (χ1n) is 15.9. The number of nitrogens with zero attached hydrogens (tertiary/aromatic N) is 3. The summed E-state index contributed by atoms with van der Waals surface area (Å²) in [4.78, 5) is 2.48. The zero-order valence-corrected chi connectivity index (χ0v) is 25.1. The summed E-state index contributed by atoms with van der Waals surface area (Å²) in [7, 11) is 0. The molecule has 46 heavy (non-hydrogen) atoms. The molecule has 9 rings (SSSR count). The van der Waals surface area contributed by atoms with Crippen LogP contribution in [0, 0.1) is 11.3 Å². The summed E-state index contributed by atoms with van der Waals surface area (Å²) < 4.78 is 2.43. The van der Waals surface area contributed by atoms with E-state index in [1.807, 2.05) is 18.2 Å². The molecule has 3 heteroatoms. The van der Waals surface area contributed by atoms with Gasteiger partial charge in [-0.15, -0.1) is 0 Å². The Kier molecular flexibility index (Phi) is 6.05. The van der Waals surface area contributed by atoms with Gasteiger partial charge in [-0.05, 0) is 71.2 Å². The molecule has 0 N–H and O–H groups in total. The van der Waals surface area contributed by atoms with Crippen LogP contribution in [-0.2, 0) is 0 Å². The van der Waals surface area contributed by atoms with Crippen molar-refractivity contribution in [1.29, 1.82) is 5.26 Å². The third kappa shape index (κ3) is 4.00. The van der Waals surface area contributed by atoms with Gasteiger partial charge in [-0.25, -0.2) is 0 Å². The Hall–Kier alpha value is -6.03. The zero-order chi connectivity index (χ0) is 30.6. The second-order valence-electron chi connectivity index (χ2n) is 12.2. The largest absolute Gasteiger partial charge is 0.333 e. The summed E-state index contributed by atoms with van der Waals surface area (Å²) in [5.41, 5.74) is 18.1. The number of aromatic nitrogens is 1. The van der Waals surface area contributed by atoms with E-state index in [4.69, 9.17) is 0 Å². The minimum Gasteiger partial charge on any atom is -0.333 e. The highest BCUT2D eigenvalue weighted by Gasteiger charge is 2.41. The highest BCUT2D eigenvalue weighted by Crippen LogP contribution is 2.51. The van der Waals surface area contributed by atoms with E-state index in [0.717, 1.165) is 12.1 Å². The van der Waals surface area contributed by atoms with Gasteiger partial charge in [0.1, 0.15) is 0 Å². The Morgan fingerprint density at radius 1 is 0.804 bits per heavy atom. The predicted molar refractivity (Wildman–Crippen MR) is 188 cm³/mol. The average molecular weight is 588 g/mol. The van der Waals surface area contributed by atoms with Gasteiger partial charge in [0.25, 0.3) is 0 Å². The first-order valence-corrected chi connectivity index (χ1v) is 15.9. The fourth-order valence-corrected chi connectivity index (χ4v) is 7.86. The fraction of sp³-hybridized carbons (Fsp3) is 0.0930. The summed E-state index contributed by atoms with van der Waals surface area (Å²) in [6.45, 7) is 0. The zero-order valence-electron chi connectivity index (χ0n) is 25.1. The molecule has 3 unspecified atom stereocenters. The van der Waals surface area contributed by atoms with Crippen LogP contribution in [0.25, 0.3) is 38.5 Å². The lowest BCUT2D eigenvalue weighted by Gasteiger charge is -2.36. The van der Waals surface area contributed by atoms with Gasteiger partial charge < -0.3 is 9.47 Å². The quantitative estimate of drug-likeness (QED) is 0.196. The summed E-state index contributed by atoms with van der Waals surface area (Å²) in [5.74, 6) is 0.124. The van der Waals surface area contributed by atoms with Crippen LogP contribution in [0.1, 0.15) is 29.5 Å². The maximum absolute atomic E-state index is 9.70. The van der Waals surface area contributed by atoms with E-state index >= 15 is 0 Å². The fourth-order valence-electron chi connectivity index (χ4n) is 7.86. The van der Waals surface area contributed by atoms with E-state index in [2.05, 4.69) is 154 Å². The number of benzene rings is 4. The summed E-state index contributed by atoms with van der Waals surface area (Å²) in [6, 6.07) is 35.7. The van der Waals surface area contributed by atoms with Crippen molar-refractivity contribution in [2.45, 2.75) is 24.4 Å². The topological polar surface area (TPSA) is 32.0 Å². The van der Waals surface area contributed by atoms with Crippen LogP contribution >= 0.6 is 0 Å². The van der Waals surface area contributed by atoms with Crippen LogP contribution in [0.3, 0.4) is 0 Å². The molecule has 3 nitrogen and oxygen atoms in total. The number of para-hydroxylation sites is 2. The van der Waals surface area contributed by atoms with Crippen LogP contribution in [0.15, 0.2) is 168 Å². The molecule has 1 aromatic heterocycles. The molecule has 4 aliphatic rings. The first kappa shape index (κ1) is 26.4. The monoisotopic (exact) mass is 587 g/mol. The van der Waals surface area contributed by atoms with Crippen LogP contribution in [0.5, 0.6) is 0 Å². The number of nitriles is 1. The van der Waals surface area contributed by atoms with Crippen molar-refractivity contribution in [3.05, 3.63) is 180 Å². The highest BCUT2D eigenvalue weighted by atomic mass is 15.2. The maximum Gasteiger partial charge on any atom is 0.0988 e. The van der Waals surface area contributed by atoms with Crippen LogP contribution in [0.4, 0.5) is 5.69 Å². The third-order valence-electron chi connectivity index (χ3n) is 9.77. The van der Waals surface area contributed by atoms with Gasteiger partial charge in [0.05, 0.1) is 29.4 Å². The van der Waals surface area contributed by atoms with Crippen LogP contribution < -0.4 is 4.90 Å². The Labute approximate surface area is 268 Å². The standard InChI is InChI=1S/C43H29N3/c44-28-29-12-10-15-32(26-29)45-40-22-8-6-18-35(40)37-25-24-30(27-42(37)45)33-16-4-5-17-34(33)38-20-11-21-39-36-19-7-9-23-41(36)46(43(38)39)31-13-2-1-3-14-31/h2,4-14,16-27,32,38,43H,15H2. The smallest absolute Gasteiger partial charge is 0.0988 e. The van der Waals surface area contributed by atoms with Crippen molar-refractivity contribution in [3.63, 3.8) is 0 Å². The second kappa shape index (κ2) is 10.6. The van der Waals surface area contributed by atoms with E-state index < -0.39 is 0 Å². The van der Waals surface area contributed by atoms with E-state index in [1.165, 1.54) is 55.3 Å². The molecule has 2 heterocycles. The molecule has 0 spiro atoms. The molecule has 1 aliphatic heterocycles. The number of hydrogen-bond acceptors (Lipinski definition) is 2. The molecule has 3 atom stereocenters. The number of fused-ring (bicyclic) bond motifs is 6. The van der Waals surface area contributed by atoms with Gasteiger partial charge in [-0.2, -0.15) is 5.26 Å². The lowest BCUT2D eigenvalue weighted by molar-refractivity contribution is 0.645. The van der Waals surface area contributed by atoms with E-state index in [1.54, 1.807) is 0 Å². The number of anilines is 1. The maximum atomic E-state index is 9.70. The van der Waals surface area contributed by atoms with E-state index in [0.29, 0.717) is 5.57 Å². The SMILES string of the molecule is N#CC1=CC(n2c3ccccc3c3ccc(-c4ccccc4C4C=CC=C5c6ccccc6N(C6=CC=C=C=C6)C54)cc32)CC=C1. The number of rotatable bonds is 4. The van der Waals surface area contributed by atoms with Crippen molar-refractivity contribution in [2.24, 2.45) is 0 Å². The number of allylic oxidation sites excluding steroid dienone is 9. The van der Waals surface area contributed by atoms with Gasteiger partial charge in [-0.1, -0.05) is 109 Å². The van der Waals surface area contributed by atoms with Crippen molar-refractivity contribution >= 4 is 33.1 Å². The Balaban J connectivity index is 1.21. The first-order chi connectivity index (χ1) is 22.8. The van der Waals surface area contributed by atoms with Gasteiger partial charge in [0.2, 0.25) is 0 Å². The Morgan fingerprint density at radius 2 is 1.63 bits per heavy atom. The molecule has 0 saturated carbocycles. The molecule has 0 saturated heterocycles. The minimum atomic E-state index is 0.0759. The molecule has 0 amide bonds. The summed E-state index contributed by atoms with van der Waals surface area (Å²) in [6.07, 6.45) is 20.0. The highest BCUT2D eigenvalue weighted by molar-refractivity contribution is 6.09. The van der Waals surface area contributed by atoms with Gasteiger partial charge >= 0.3 is 0 Å². The summed E-state index contributed by atoms with van der Waals surface area (Å²) in [5, 5.41) is 12.2. The molecule has 0 bridgehead atoms. The molecule has 0 fully saturated rings. The molecule has 0 radical (unpaired) electrons. The summed E-state index contributed by atoms with van der Waals surface area (Å²) >= 11 is 0. The lowest BCUT2D eigenvalue weighted by atomic mass is 9.79. The molecule has 216 valence electrons. The molecular formula is C43H29N3. The van der Waals surface area contributed by atoms with E-state index in [9.17, 15) is 5.26 Å². The number of hydrogen-bond donors (Lipinski definition) is 0. The minimum absolute atomic E-state index is 0.0759. The van der Waals surface area contributed by atoms with Crippen LogP contribution in [-0.4, -0.2) is 10.6 Å². The van der Waals surface area contributed by atoms with E-state index in [-0.39, 0.29) is 18.0 Å². The third-order valence-corrected chi connectivity index (χ3v) is 9.77. The molecule has 3 aliphatic carbocycles. The van der Waals surface area contributed by atoms with Crippen molar-refractivity contribution in [3.8, 4) is 17.2 Å². The van der Waals surface area contributed by atoms with Crippen LogP contribution in [0.2, 0.25) is 0 Å². The Bertz CT molecular complexity index is 2400. The predicted octanol–water partition coefficient (Wildman–Crippen LogP) is 10.1. The Morgan fingerprint density at radius 3 is 2.52 bits per heavy atom. The van der Waals surface area contributed by atoms with Crippen molar-refractivity contribution in [1.82, 2.24) is 4.57 Å².